The van der Waals surface area contributed by atoms with Crippen LogP contribution in [-0.4, -0.2) is 50.3 Å². The van der Waals surface area contributed by atoms with Gasteiger partial charge in [0, 0.05) is 37.9 Å². The zero-order chi connectivity index (χ0) is 18.5. The lowest BCUT2D eigenvalue weighted by Gasteiger charge is -2.39. The minimum absolute atomic E-state index is 0.0284. The number of nitrogens with zero attached hydrogens (tertiary/aromatic N) is 1. The number of methoxy groups -OCH3 is 1. The highest BCUT2D eigenvalue weighted by Gasteiger charge is 2.30. The highest BCUT2D eigenvalue weighted by Crippen LogP contribution is 2.24. The van der Waals surface area contributed by atoms with E-state index in [2.05, 4.69) is 10.2 Å². The Hall–Kier alpha value is -1.73. The third kappa shape index (κ3) is 4.32. The summed E-state index contributed by atoms with van der Waals surface area (Å²) >= 11 is 0. The molecule has 2 aliphatic heterocycles. The van der Waals surface area contributed by atoms with E-state index in [1.807, 2.05) is 0 Å². The normalized spacial score (nSPS) is 22.2. The molecule has 2 heterocycles. The first kappa shape index (κ1) is 19.0. The maximum atomic E-state index is 14.0. The van der Waals surface area contributed by atoms with Gasteiger partial charge in [0.25, 0.3) is 0 Å². The number of carbonyl (C=O) groups excluding carboxylic acids is 1. The number of likely N-dealkylation sites (tertiary alicyclic amines) is 1. The fourth-order valence-electron chi connectivity index (χ4n) is 3.79. The molecular weight excluding hydrogens is 342 g/mol. The van der Waals surface area contributed by atoms with E-state index >= 15 is 0 Å². The molecule has 1 atom stereocenters. The number of hydrogen-bond donors (Lipinski definition) is 1. The van der Waals surface area contributed by atoms with Crippen molar-refractivity contribution in [3.05, 3.63) is 29.3 Å². The summed E-state index contributed by atoms with van der Waals surface area (Å²) in [5.74, 6) is -2.35. The van der Waals surface area contributed by atoms with Crippen LogP contribution in [0.3, 0.4) is 0 Å². The van der Waals surface area contributed by atoms with E-state index in [-0.39, 0.29) is 29.7 Å². The van der Waals surface area contributed by atoms with Crippen molar-refractivity contribution in [3.63, 3.8) is 0 Å². The molecule has 2 saturated heterocycles. The Balaban J connectivity index is 1.55. The Morgan fingerprint density at radius 2 is 2.04 bits per heavy atom. The molecule has 0 aliphatic carbocycles. The Kier molecular flexibility index (Phi) is 6.43. The maximum absolute atomic E-state index is 14.0. The Labute approximate surface area is 152 Å². The van der Waals surface area contributed by atoms with Crippen LogP contribution >= 0.6 is 0 Å². The first-order chi connectivity index (χ1) is 12.6. The molecule has 1 aromatic carbocycles. The van der Waals surface area contributed by atoms with Crippen LogP contribution in [0.5, 0.6) is 5.75 Å². The zero-order valence-corrected chi connectivity index (χ0v) is 15.1. The number of benzene rings is 1. The Morgan fingerprint density at radius 1 is 1.27 bits per heavy atom. The van der Waals surface area contributed by atoms with Crippen LogP contribution in [-0.2, 0) is 16.1 Å². The number of piperidine rings is 1. The van der Waals surface area contributed by atoms with Gasteiger partial charge in [-0.05, 0) is 38.3 Å². The van der Waals surface area contributed by atoms with Crippen LogP contribution < -0.4 is 10.1 Å². The van der Waals surface area contributed by atoms with Gasteiger partial charge in [0.1, 0.15) is 0 Å². The molecule has 2 aliphatic rings. The van der Waals surface area contributed by atoms with E-state index in [1.165, 1.54) is 19.2 Å². The second kappa shape index (κ2) is 8.77. The highest BCUT2D eigenvalue weighted by molar-refractivity contribution is 5.79. The first-order valence-corrected chi connectivity index (χ1v) is 9.20. The lowest BCUT2D eigenvalue weighted by Crippen LogP contribution is -2.48. The van der Waals surface area contributed by atoms with Crippen molar-refractivity contribution in [1.29, 1.82) is 0 Å². The van der Waals surface area contributed by atoms with Crippen LogP contribution in [0.25, 0.3) is 0 Å². The highest BCUT2D eigenvalue weighted by atomic mass is 19.2. The molecule has 144 valence electrons. The molecular formula is C19H26F2N2O3. The van der Waals surface area contributed by atoms with Crippen molar-refractivity contribution in [3.8, 4) is 5.75 Å². The average molecular weight is 368 g/mol. The van der Waals surface area contributed by atoms with Gasteiger partial charge in [0.2, 0.25) is 11.7 Å². The maximum Gasteiger partial charge on any atom is 0.224 e. The largest absolute Gasteiger partial charge is 0.494 e. The molecule has 0 bridgehead atoms. The van der Waals surface area contributed by atoms with E-state index in [9.17, 15) is 13.6 Å². The summed E-state index contributed by atoms with van der Waals surface area (Å²) in [7, 11) is 1.28. The summed E-state index contributed by atoms with van der Waals surface area (Å²) in [6.45, 7) is 3.25. The third-order valence-electron chi connectivity index (χ3n) is 5.33. The fraction of sp³-hybridized carbons (Fsp3) is 0.632. The van der Waals surface area contributed by atoms with Crippen LogP contribution in [0.15, 0.2) is 12.1 Å². The second-order valence-corrected chi connectivity index (χ2v) is 6.95. The topological polar surface area (TPSA) is 50.8 Å². The SMILES string of the molecule is COc1ccc(CNC(=O)C2CCCN(C3CCOCC3)C2)c(F)c1F. The molecule has 1 N–H and O–H groups in total. The molecule has 0 radical (unpaired) electrons. The van der Waals surface area contributed by atoms with E-state index in [4.69, 9.17) is 9.47 Å². The van der Waals surface area contributed by atoms with E-state index in [1.54, 1.807) is 0 Å². The van der Waals surface area contributed by atoms with Gasteiger partial charge < -0.3 is 14.8 Å². The number of ether oxygens (including phenoxy) is 2. The standard InChI is InChI=1S/C19H26F2N2O3/c1-25-16-5-4-13(17(20)18(16)21)11-22-19(24)14-3-2-8-23(12-14)15-6-9-26-10-7-15/h4-5,14-15H,2-3,6-12H2,1H3,(H,22,24). The fourth-order valence-corrected chi connectivity index (χ4v) is 3.79. The minimum Gasteiger partial charge on any atom is -0.494 e. The monoisotopic (exact) mass is 368 g/mol. The van der Waals surface area contributed by atoms with Crippen LogP contribution in [0, 0.1) is 17.6 Å². The number of nitrogens with one attached hydrogen (secondary N) is 1. The van der Waals surface area contributed by atoms with Crippen LogP contribution in [0.2, 0.25) is 0 Å². The summed E-state index contributed by atoms with van der Waals surface area (Å²) in [5.41, 5.74) is 0.119. The molecule has 1 unspecified atom stereocenters. The second-order valence-electron chi connectivity index (χ2n) is 6.95. The van der Waals surface area contributed by atoms with Gasteiger partial charge in [0.05, 0.1) is 13.0 Å². The minimum atomic E-state index is -1.03. The number of carbonyl (C=O) groups is 1. The van der Waals surface area contributed by atoms with Gasteiger partial charge in [0.15, 0.2) is 11.6 Å². The van der Waals surface area contributed by atoms with Crippen molar-refractivity contribution in [2.45, 2.75) is 38.3 Å². The van der Waals surface area contributed by atoms with E-state index < -0.39 is 11.6 Å². The van der Waals surface area contributed by atoms with Gasteiger partial charge >= 0.3 is 0 Å². The number of rotatable bonds is 5. The Bertz CT molecular complexity index is 635. The van der Waals surface area contributed by atoms with Crippen LogP contribution in [0.4, 0.5) is 8.78 Å². The number of amides is 1. The molecule has 1 aromatic rings. The van der Waals surface area contributed by atoms with Gasteiger partial charge in [-0.25, -0.2) is 4.39 Å². The lowest BCUT2D eigenvalue weighted by molar-refractivity contribution is -0.127. The molecule has 7 heteroatoms. The summed E-state index contributed by atoms with van der Waals surface area (Å²) in [5, 5.41) is 2.76. The van der Waals surface area contributed by atoms with Crippen molar-refractivity contribution in [2.75, 3.05) is 33.4 Å². The summed E-state index contributed by atoms with van der Waals surface area (Å²) in [6, 6.07) is 3.28. The molecule has 2 fully saturated rings. The van der Waals surface area contributed by atoms with Gasteiger partial charge in [-0.3, -0.25) is 9.69 Å². The molecule has 1 amide bonds. The molecule has 26 heavy (non-hydrogen) atoms. The molecule has 0 aromatic heterocycles. The van der Waals surface area contributed by atoms with Crippen LogP contribution in [0.1, 0.15) is 31.2 Å². The Morgan fingerprint density at radius 3 is 2.77 bits per heavy atom. The van der Waals surface area contributed by atoms with E-state index in [0.29, 0.717) is 6.04 Å². The van der Waals surface area contributed by atoms with Crippen molar-refractivity contribution in [1.82, 2.24) is 10.2 Å². The summed E-state index contributed by atoms with van der Waals surface area (Å²) in [4.78, 5) is 14.9. The van der Waals surface area contributed by atoms with Crippen molar-refractivity contribution < 1.29 is 23.0 Å². The predicted octanol–water partition coefficient (Wildman–Crippen LogP) is 2.48. The van der Waals surface area contributed by atoms with E-state index in [0.717, 1.165) is 52.0 Å². The predicted molar refractivity (Wildman–Crippen MR) is 92.9 cm³/mol. The molecule has 5 nitrogen and oxygen atoms in total. The van der Waals surface area contributed by atoms with Gasteiger partial charge in [-0.2, -0.15) is 4.39 Å². The number of halogens is 2. The van der Waals surface area contributed by atoms with Gasteiger partial charge in [-0.1, -0.05) is 6.07 Å². The van der Waals surface area contributed by atoms with Crippen molar-refractivity contribution in [2.24, 2.45) is 5.92 Å². The molecule has 0 spiro atoms. The smallest absolute Gasteiger partial charge is 0.224 e. The summed E-state index contributed by atoms with van der Waals surface area (Å²) < 4.78 is 38.0. The third-order valence-corrected chi connectivity index (χ3v) is 5.33. The van der Waals surface area contributed by atoms with Gasteiger partial charge in [-0.15, -0.1) is 0 Å². The quantitative estimate of drug-likeness (QED) is 0.868. The molecule has 0 saturated carbocycles. The molecule has 3 rings (SSSR count). The summed E-state index contributed by atoms with van der Waals surface area (Å²) in [6.07, 6.45) is 3.81. The first-order valence-electron chi connectivity index (χ1n) is 9.20. The van der Waals surface area contributed by atoms with Crippen molar-refractivity contribution >= 4 is 5.91 Å². The lowest BCUT2D eigenvalue weighted by atomic mass is 9.94. The average Bonchev–Trinajstić information content (AvgIpc) is 2.69. The number of hydrogen-bond acceptors (Lipinski definition) is 4. The zero-order valence-electron chi connectivity index (χ0n) is 15.1.